The molecule has 0 unspecified atom stereocenters. The van der Waals surface area contributed by atoms with Crippen LogP contribution in [0.2, 0.25) is 0 Å². The van der Waals surface area contributed by atoms with Crippen molar-refractivity contribution in [1.29, 1.82) is 0 Å². The maximum atomic E-state index is 5.16. The van der Waals surface area contributed by atoms with E-state index in [1.165, 1.54) is 11.3 Å². The zero-order valence-electron chi connectivity index (χ0n) is 11.0. The monoisotopic (exact) mass is 244 g/mol. The molecule has 18 heavy (non-hydrogen) atoms. The van der Waals surface area contributed by atoms with E-state index in [0.717, 1.165) is 25.4 Å². The molecule has 0 aliphatic rings. The molecule has 0 fully saturated rings. The number of benzene rings is 1. The van der Waals surface area contributed by atoms with E-state index in [-0.39, 0.29) is 0 Å². The van der Waals surface area contributed by atoms with Crippen LogP contribution >= 0.6 is 0 Å². The third kappa shape index (κ3) is 3.14. The maximum absolute atomic E-state index is 5.16. The predicted molar refractivity (Wildman–Crippen MR) is 73.9 cm³/mol. The lowest BCUT2D eigenvalue weighted by molar-refractivity contribution is 0.414. The van der Waals surface area contributed by atoms with Gasteiger partial charge in [0, 0.05) is 25.0 Å². The van der Waals surface area contributed by atoms with Gasteiger partial charge in [0.15, 0.2) is 0 Å². The molecule has 96 valence electrons. The summed E-state index contributed by atoms with van der Waals surface area (Å²) in [5.41, 5.74) is 2.59. The summed E-state index contributed by atoms with van der Waals surface area (Å²) in [6.45, 7) is 4.93. The molecule has 3 nitrogen and oxygen atoms in total. The van der Waals surface area contributed by atoms with Gasteiger partial charge >= 0.3 is 0 Å². The fourth-order valence-corrected chi connectivity index (χ4v) is 1.94. The predicted octanol–water partition coefficient (Wildman–Crippen LogP) is 2.65. The van der Waals surface area contributed by atoms with Crippen LogP contribution in [0.1, 0.15) is 18.2 Å². The van der Waals surface area contributed by atoms with Gasteiger partial charge in [-0.3, -0.25) is 0 Å². The number of nitrogens with zero attached hydrogens (tertiary/aromatic N) is 1. The second-order valence-electron chi connectivity index (χ2n) is 4.26. The summed E-state index contributed by atoms with van der Waals surface area (Å²) >= 11 is 0. The van der Waals surface area contributed by atoms with Gasteiger partial charge in [0.25, 0.3) is 0 Å². The van der Waals surface area contributed by atoms with E-state index in [4.69, 9.17) is 4.74 Å². The Kier molecular flexibility index (Phi) is 4.42. The highest BCUT2D eigenvalue weighted by Gasteiger charge is 2.01. The number of ether oxygens (including phenoxy) is 1. The van der Waals surface area contributed by atoms with Crippen LogP contribution in [-0.2, 0) is 13.1 Å². The Morgan fingerprint density at radius 2 is 1.94 bits per heavy atom. The van der Waals surface area contributed by atoms with Crippen LogP contribution < -0.4 is 10.1 Å². The smallest absolute Gasteiger partial charge is 0.118 e. The first-order valence-electron chi connectivity index (χ1n) is 6.31. The first kappa shape index (κ1) is 12.7. The Morgan fingerprint density at radius 3 is 2.61 bits per heavy atom. The van der Waals surface area contributed by atoms with Gasteiger partial charge in [0.1, 0.15) is 5.75 Å². The molecule has 0 atom stereocenters. The average molecular weight is 244 g/mol. The van der Waals surface area contributed by atoms with Crippen molar-refractivity contribution in [2.24, 2.45) is 0 Å². The highest BCUT2D eigenvalue weighted by Crippen LogP contribution is 2.13. The minimum absolute atomic E-state index is 0.901. The molecule has 0 saturated carbocycles. The minimum Gasteiger partial charge on any atom is -0.497 e. The highest BCUT2D eigenvalue weighted by atomic mass is 16.5. The summed E-state index contributed by atoms with van der Waals surface area (Å²) in [6.07, 6.45) is 2.12. The largest absolute Gasteiger partial charge is 0.497 e. The lowest BCUT2D eigenvalue weighted by Crippen LogP contribution is -2.15. The van der Waals surface area contributed by atoms with Crippen molar-refractivity contribution in [1.82, 2.24) is 9.88 Å². The third-order valence-corrected chi connectivity index (χ3v) is 2.99. The summed E-state index contributed by atoms with van der Waals surface area (Å²) in [5, 5.41) is 3.35. The summed E-state index contributed by atoms with van der Waals surface area (Å²) in [7, 11) is 1.69. The van der Waals surface area contributed by atoms with Crippen LogP contribution in [0.4, 0.5) is 0 Å². The molecule has 1 aromatic carbocycles. The number of hydrogen-bond acceptors (Lipinski definition) is 2. The summed E-state index contributed by atoms with van der Waals surface area (Å²) in [6, 6.07) is 12.5. The lowest BCUT2D eigenvalue weighted by Gasteiger charge is -2.10. The van der Waals surface area contributed by atoms with Crippen molar-refractivity contribution in [3.05, 3.63) is 53.9 Å². The van der Waals surface area contributed by atoms with Crippen molar-refractivity contribution in [3.8, 4) is 5.75 Å². The second kappa shape index (κ2) is 6.26. The van der Waals surface area contributed by atoms with Crippen molar-refractivity contribution in [3.63, 3.8) is 0 Å². The van der Waals surface area contributed by atoms with Gasteiger partial charge in [-0.1, -0.05) is 19.1 Å². The SMILES string of the molecule is CCNCc1cccn1Cc1ccc(OC)cc1. The van der Waals surface area contributed by atoms with E-state index in [9.17, 15) is 0 Å². The molecule has 0 bridgehead atoms. The molecular formula is C15H20N2O. The lowest BCUT2D eigenvalue weighted by atomic mass is 10.2. The number of rotatable bonds is 6. The van der Waals surface area contributed by atoms with Gasteiger partial charge in [-0.05, 0) is 36.4 Å². The topological polar surface area (TPSA) is 26.2 Å². The zero-order chi connectivity index (χ0) is 12.8. The van der Waals surface area contributed by atoms with E-state index in [1.54, 1.807) is 7.11 Å². The van der Waals surface area contributed by atoms with Crippen LogP contribution in [0.3, 0.4) is 0 Å². The minimum atomic E-state index is 0.901. The summed E-state index contributed by atoms with van der Waals surface area (Å²) < 4.78 is 7.43. The van der Waals surface area contributed by atoms with E-state index in [0.29, 0.717) is 0 Å². The van der Waals surface area contributed by atoms with Crippen molar-refractivity contribution < 1.29 is 4.74 Å². The Balaban J connectivity index is 2.05. The molecule has 0 radical (unpaired) electrons. The summed E-state index contributed by atoms with van der Waals surface area (Å²) in [5.74, 6) is 0.902. The van der Waals surface area contributed by atoms with Crippen molar-refractivity contribution in [2.45, 2.75) is 20.0 Å². The first-order chi connectivity index (χ1) is 8.83. The van der Waals surface area contributed by atoms with Gasteiger partial charge in [0.2, 0.25) is 0 Å². The molecule has 1 aromatic heterocycles. The molecular weight excluding hydrogens is 224 g/mol. The van der Waals surface area contributed by atoms with Crippen molar-refractivity contribution >= 4 is 0 Å². The molecule has 0 amide bonds. The highest BCUT2D eigenvalue weighted by molar-refractivity contribution is 5.27. The third-order valence-electron chi connectivity index (χ3n) is 2.99. The average Bonchev–Trinajstić information content (AvgIpc) is 2.84. The molecule has 1 N–H and O–H groups in total. The maximum Gasteiger partial charge on any atom is 0.118 e. The Morgan fingerprint density at radius 1 is 1.17 bits per heavy atom. The zero-order valence-corrected chi connectivity index (χ0v) is 11.0. The Hall–Kier alpha value is -1.74. The molecule has 3 heteroatoms. The molecule has 0 aliphatic carbocycles. The Labute approximate surface area is 108 Å². The standard InChI is InChI=1S/C15H20N2O/c1-3-16-11-14-5-4-10-17(14)12-13-6-8-15(18-2)9-7-13/h4-10,16H,3,11-12H2,1-2H3. The number of nitrogens with one attached hydrogen (secondary N) is 1. The molecule has 2 rings (SSSR count). The molecule has 2 aromatic rings. The van der Waals surface area contributed by atoms with Crippen LogP contribution in [0.25, 0.3) is 0 Å². The van der Waals surface area contributed by atoms with E-state index in [1.807, 2.05) is 12.1 Å². The van der Waals surface area contributed by atoms with Crippen LogP contribution in [0.5, 0.6) is 5.75 Å². The van der Waals surface area contributed by atoms with Crippen molar-refractivity contribution in [2.75, 3.05) is 13.7 Å². The number of hydrogen-bond donors (Lipinski definition) is 1. The van der Waals surface area contributed by atoms with Crippen LogP contribution in [0.15, 0.2) is 42.6 Å². The van der Waals surface area contributed by atoms with Gasteiger partial charge < -0.3 is 14.6 Å². The first-order valence-corrected chi connectivity index (χ1v) is 6.31. The van der Waals surface area contributed by atoms with Gasteiger partial charge in [0.05, 0.1) is 7.11 Å². The van der Waals surface area contributed by atoms with E-state index in [2.05, 4.69) is 47.3 Å². The molecule has 0 spiro atoms. The fraction of sp³-hybridized carbons (Fsp3) is 0.333. The summed E-state index contributed by atoms with van der Waals surface area (Å²) in [4.78, 5) is 0. The molecule has 0 saturated heterocycles. The Bertz CT molecular complexity index is 473. The van der Waals surface area contributed by atoms with Gasteiger partial charge in [-0.25, -0.2) is 0 Å². The second-order valence-corrected chi connectivity index (χ2v) is 4.26. The van der Waals surface area contributed by atoms with Crippen LogP contribution in [0, 0.1) is 0 Å². The number of methoxy groups -OCH3 is 1. The number of aromatic nitrogens is 1. The van der Waals surface area contributed by atoms with E-state index < -0.39 is 0 Å². The normalized spacial score (nSPS) is 10.6. The quantitative estimate of drug-likeness (QED) is 0.845. The van der Waals surface area contributed by atoms with Gasteiger partial charge in [-0.2, -0.15) is 0 Å². The van der Waals surface area contributed by atoms with Crippen LogP contribution in [-0.4, -0.2) is 18.2 Å². The molecule has 0 aliphatic heterocycles. The van der Waals surface area contributed by atoms with Gasteiger partial charge in [-0.15, -0.1) is 0 Å². The molecule has 1 heterocycles. The fourth-order valence-electron chi connectivity index (χ4n) is 1.94. The van der Waals surface area contributed by atoms with E-state index >= 15 is 0 Å².